The first-order valence-electron chi connectivity index (χ1n) is 6.40. The van der Waals surface area contributed by atoms with Crippen LogP contribution in [-0.4, -0.2) is 0 Å². The van der Waals surface area contributed by atoms with E-state index in [1.807, 2.05) is 12.1 Å². The Kier molecular flexibility index (Phi) is 4.20. The molecule has 2 rings (SSSR count). The van der Waals surface area contributed by atoms with Gasteiger partial charge in [0.1, 0.15) is 0 Å². The Balaban J connectivity index is 2.18. The number of rotatable bonds is 2. The monoisotopic (exact) mass is 314 g/mol. The highest BCUT2D eigenvalue weighted by atomic mass is 79.9. The average molecular weight is 316 g/mol. The maximum absolute atomic E-state index is 5.94. The van der Waals surface area contributed by atoms with Gasteiger partial charge in [0.25, 0.3) is 0 Å². The summed E-state index contributed by atoms with van der Waals surface area (Å²) in [6.07, 6.45) is 5.41. The Morgan fingerprint density at radius 3 is 2.47 bits per heavy atom. The third-order valence-corrected chi connectivity index (χ3v) is 5.55. The van der Waals surface area contributed by atoms with Crippen LogP contribution in [0.4, 0.5) is 0 Å². The van der Waals surface area contributed by atoms with Gasteiger partial charge in [-0.25, -0.2) is 0 Å². The molecule has 0 N–H and O–H groups in total. The van der Waals surface area contributed by atoms with Crippen molar-refractivity contribution in [2.24, 2.45) is 11.3 Å². The van der Waals surface area contributed by atoms with Gasteiger partial charge in [0, 0.05) is 9.85 Å². The van der Waals surface area contributed by atoms with Crippen molar-refractivity contribution in [3.05, 3.63) is 34.9 Å². The lowest BCUT2D eigenvalue weighted by Crippen LogP contribution is -2.30. The first-order valence-corrected chi connectivity index (χ1v) is 7.69. The van der Waals surface area contributed by atoms with Gasteiger partial charge in [-0.05, 0) is 41.9 Å². The highest BCUT2D eigenvalue weighted by Crippen LogP contribution is 2.50. The molecule has 0 heterocycles. The third kappa shape index (κ3) is 3.06. The Hall–Kier alpha value is -0.0100. The van der Waals surface area contributed by atoms with Crippen molar-refractivity contribution in [1.29, 1.82) is 0 Å². The average Bonchev–Trinajstić information content (AvgIpc) is 2.28. The van der Waals surface area contributed by atoms with Crippen molar-refractivity contribution in [3.8, 4) is 0 Å². The molecule has 0 amide bonds. The summed E-state index contributed by atoms with van der Waals surface area (Å²) in [6, 6.07) is 8.26. The van der Waals surface area contributed by atoms with Gasteiger partial charge in [0.15, 0.2) is 0 Å². The lowest BCUT2D eigenvalue weighted by molar-refractivity contribution is 0.136. The zero-order chi connectivity index (χ0) is 12.5. The number of hydrogen-bond acceptors (Lipinski definition) is 0. The smallest absolute Gasteiger partial charge is 0.0428 e. The molecular formula is C15H20BrCl. The summed E-state index contributed by atoms with van der Waals surface area (Å²) in [5, 5.41) is 0.816. The molecule has 0 nitrogen and oxygen atoms in total. The minimum Gasteiger partial charge on any atom is -0.0843 e. The first-order chi connectivity index (χ1) is 8.00. The van der Waals surface area contributed by atoms with E-state index in [1.54, 1.807) is 0 Å². The molecule has 0 spiro atoms. The molecule has 1 saturated carbocycles. The van der Waals surface area contributed by atoms with Gasteiger partial charge in [-0.3, -0.25) is 0 Å². The molecule has 0 aliphatic heterocycles. The summed E-state index contributed by atoms with van der Waals surface area (Å²) in [6.45, 7) is 4.81. The molecule has 1 aromatic rings. The highest BCUT2D eigenvalue weighted by Gasteiger charge is 2.36. The number of hydrogen-bond donors (Lipinski definition) is 0. The maximum atomic E-state index is 5.94. The summed E-state index contributed by atoms with van der Waals surface area (Å²) in [5.41, 5.74) is 1.79. The van der Waals surface area contributed by atoms with Crippen molar-refractivity contribution in [1.82, 2.24) is 0 Å². The van der Waals surface area contributed by atoms with Gasteiger partial charge in [-0.1, -0.05) is 66.4 Å². The Morgan fingerprint density at radius 1 is 1.24 bits per heavy atom. The van der Waals surface area contributed by atoms with Gasteiger partial charge in [-0.15, -0.1) is 0 Å². The van der Waals surface area contributed by atoms with Crippen LogP contribution in [-0.2, 0) is 0 Å². The van der Waals surface area contributed by atoms with Gasteiger partial charge in [0.2, 0.25) is 0 Å². The van der Waals surface area contributed by atoms with E-state index in [-0.39, 0.29) is 0 Å². The first kappa shape index (κ1) is 13.4. The van der Waals surface area contributed by atoms with Crippen molar-refractivity contribution >= 4 is 27.5 Å². The van der Waals surface area contributed by atoms with Crippen LogP contribution in [0.2, 0.25) is 5.02 Å². The Labute approximate surface area is 118 Å². The molecule has 2 unspecified atom stereocenters. The van der Waals surface area contributed by atoms with Crippen LogP contribution in [0.3, 0.4) is 0 Å². The molecule has 1 aliphatic carbocycles. The van der Waals surface area contributed by atoms with E-state index in [0.29, 0.717) is 10.2 Å². The van der Waals surface area contributed by atoms with Crippen LogP contribution in [0.1, 0.15) is 49.9 Å². The molecule has 0 radical (unpaired) electrons. The van der Waals surface area contributed by atoms with E-state index < -0.39 is 0 Å². The van der Waals surface area contributed by atoms with Gasteiger partial charge in [-0.2, -0.15) is 0 Å². The van der Waals surface area contributed by atoms with Crippen LogP contribution in [0, 0.1) is 11.3 Å². The quantitative estimate of drug-likeness (QED) is 0.588. The molecule has 1 aliphatic rings. The largest absolute Gasteiger partial charge is 0.0843 e. The summed E-state index contributed by atoms with van der Waals surface area (Å²) in [4.78, 5) is 0.454. The molecule has 94 valence electrons. The molecule has 2 atom stereocenters. The van der Waals surface area contributed by atoms with Crippen LogP contribution < -0.4 is 0 Å². The number of benzene rings is 1. The van der Waals surface area contributed by atoms with Crippen molar-refractivity contribution in [2.75, 3.05) is 0 Å². The second-order valence-corrected chi connectivity index (χ2v) is 7.22. The lowest BCUT2D eigenvalue weighted by Gasteiger charge is -2.41. The molecular weight excluding hydrogens is 296 g/mol. The Bertz CT molecular complexity index is 369. The zero-order valence-electron chi connectivity index (χ0n) is 10.5. The van der Waals surface area contributed by atoms with E-state index in [1.165, 1.54) is 31.2 Å². The van der Waals surface area contributed by atoms with Crippen molar-refractivity contribution in [3.63, 3.8) is 0 Å². The number of halogens is 2. The standard InChI is InChI=1S/C15H20BrCl/c1-15(2)10-4-3-5-13(15)14(16)11-6-8-12(17)9-7-11/h6-9,13-14H,3-5,10H2,1-2H3. The molecule has 17 heavy (non-hydrogen) atoms. The van der Waals surface area contributed by atoms with E-state index in [4.69, 9.17) is 11.6 Å². The fraction of sp³-hybridized carbons (Fsp3) is 0.600. The van der Waals surface area contributed by atoms with Crippen LogP contribution in [0.25, 0.3) is 0 Å². The summed E-state index contributed by atoms with van der Waals surface area (Å²) < 4.78 is 0. The van der Waals surface area contributed by atoms with Crippen LogP contribution in [0.5, 0.6) is 0 Å². The SMILES string of the molecule is CC1(C)CCCCC1C(Br)c1ccc(Cl)cc1. The second-order valence-electron chi connectivity index (χ2n) is 5.79. The Morgan fingerprint density at radius 2 is 1.88 bits per heavy atom. The predicted octanol–water partition coefficient (Wildman–Crippen LogP) is 5.99. The van der Waals surface area contributed by atoms with Crippen LogP contribution in [0.15, 0.2) is 24.3 Å². The molecule has 2 heteroatoms. The fourth-order valence-electron chi connectivity index (χ4n) is 2.94. The van der Waals surface area contributed by atoms with E-state index in [9.17, 15) is 0 Å². The highest BCUT2D eigenvalue weighted by molar-refractivity contribution is 9.09. The third-order valence-electron chi connectivity index (χ3n) is 4.13. The van der Waals surface area contributed by atoms with E-state index >= 15 is 0 Å². The summed E-state index contributed by atoms with van der Waals surface area (Å²) in [7, 11) is 0. The normalized spacial score (nSPS) is 25.5. The topological polar surface area (TPSA) is 0 Å². The van der Waals surface area contributed by atoms with Gasteiger partial charge in [0.05, 0.1) is 0 Å². The van der Waals surface area contributed by atoms with Gasteiger partial charge < -0.3 is 0 Å². The summed E-state index contributed by atoms with van der Waals surface area (Å²) >= 11 is 9.85. The molecule has 0 bridgehead atoms. The molecule has 1 aromatic carbocycles. The predicted molar refractivity (Wildman–Crippen MR) is 78.9 cm³/mol. The molecule has 1 fully saturated rings. The summed E-state index contributed by atoms with van der Waals surface area (Å²) in [5.74, 6) is 0.720. The fourth-order valence-corrected chi connectivity index (χ4v) is 4.35. The zero-order valence-corrected chi connectivity index (χ0v) is 12.9. The van der Waals surface area contributed by atoms with E-state index in [2.05, 4.69) is 41.9 Å². The second kappa shape index (κ2) is 5.32. The van der Waals surface area contributed by atoms with Crippen LogP contribution >= 0.6 is 27.5 Å². The minimum absolute atomic E-state index is 0.437. The molecule has 0 saturated heterocycles. The van der Waals surface area contributed by atoms with Gasteiger partial charge >= 0.3 is 0 Å². The maximum Gasteiger partial charge on any atom is 0.0428 e. The van der Waals surface area contributed by atoms with E-state index in [0.717, 1.165) is 10.9 Å². The lowest BCUT2D eigenvalue weighted by atomic mass is 9.67. The number of alkyl halides is 1. The van der Waals surface area contributed by atoms with Crippen molar-refractivity contribution in [2.45, 2.75) is 44.4 Å². The van der Waals surface area contributed by atoms with Crippen molar-refractivity contribution < 1.29 is 0 Å². The molecule has 0 aromatic heterocycles. The minimum atomic E-state index is 0.437.